The molecule has 0 saturated carbocycles. The van der Waals surface area contributed by atoms with E-state index in [1.54, 1.807) is 11.8 Å². The molecule has 152 valence electrons. The van der Waals surface area contributed by atoms with Crippen LogP contribution in [-0.4, -0.2) is 20.5 Å². The highest BCUT2D eigenvalue weighted by Crippen LogP contribution is 2.30. The largest absolute Gasteiger partial charge is 0.270 e. The fourth-order valence-electron chi connectivity index (χ4n) is 3.45. The highest BCUT2D eigenvalue weighted by molar-refractivity contribution is 7.99. The lowest BCUT2D eigenvalue weighted by Crippen LogP contribution is -2.02. The SMILES string of the molecule is Cc1ccccc1-n1c(SCCCCc2ccccc2)nnc1-c1cccc(Cl)c1. The Labute approximate surface area is 187 Å². The fourth-order valence-corrected chi connectivity index (χ4v) is 4.58. The summed E-state index contributed by atoms with van der Waals surface area (Å²) in [6.45, 7) is 2.12. The molecule has 3 nitrogen and oxygen atoms in total. The van der Waals surface area contributed by atoms with E-state index in [4.69, 9.17) is 11.6 Å². The molecule has 30 heavy (non-hydrogen) atoms. The van der Waals surface area contributed by atoms with E-state index in [1.165, 1.54) is 11.1 Å². The van der Waals surface area contributed by atoms with Crippen molar-refractivity contribution >= 4 is 23.4 Å². The van der Waals surface area contributed by atoms with Crippen LogP contribution in [0.5, 0.6) is 0 Å². The first-order valence-corrected chi connectivity index (χ1v) is 11.5. The Balaban J connectivity index is 1.53. The lowest BCUT2D eigenvalue weighted by Gasteiger charge is -2.13. The van der Waals surface area contributed by atoms with Gasteiger partial charge in [0.1, 0.15) is 0 Å². The standard InChI is InChI=1S/C25H24ClN3S/c1-19-10-5-6-16-23(19)29-24(21-14-9-15-22(26)18-21)27-28-25(29)30-17-8-7-13-20-11-3-2-4-12-20/h2-6,9-12,14-16,18H,7-8,13,17H2,1H3. The molecule has 0 amide bonds. The van der Waals surface area contributed by atoms with Crippen molar-refractivity contribution in [1.82, 2.24) is 14.8 Å². The zero-order chi connectivity index (χ0) is 20.8. The molecule has 3 aromatic carbocycles. The Kier molecular flexibility index (Phi) is 6.88. The molecular formula is C25H24ClN3S. The quantitative estimate of drug-likeness (QED) is 0.221. The second-order valence-electron chi connectivity index (χ2n) is 7.23. The van der Waals surface area contributed by atoms with Crippen molar-refractivity contribution in [3.63, 3.8) is 0 Å². The minimum atomic E-state index is 0.696. The van der Waals surface area contributed by atoms with Gasteiger partial charge >= 0.3 is 0 Å². The highest BCUT2D eigenvalue weighted by atomic mass is 35.5. The average molecular weight is 434 g/mol. The number of hydrogen-bond donors (Lipinski definition) is 0. The van der Waals surface area contributed by atoms with Crippen LogP contribution in [0.15, 0.2) is 84.0 Å². The molecule has 4 aromatic rings. The van der Waals surface area contributed by atoms with E-state index in [2.05, 4.69) is 76.3 Å². The van der Waals surface area contributed by atoms with Gasteiger partial charge in [-0.1, -0.05) is 84.0 Å². The number of thioether (sulfide) groups is 1. The van der Waals surface area contributed by atoms with Gasteiger partial charge in [0.15, 0.2) is 11.0 Å². The maximum Gasteiger partial charge on any atom is 0.196 e. The second kappa shape index (κ2) is 9.96. The molecule has 1 heterocycles. The van der Waals surface area contributed by atoms with Gasteiger partial charge in [0.25, 0.3) is 0 Å². The van der Waals surface area contributed by atoms with Gasteiger partial charge in [0.05, 0.1) is 5.69 Å². The van der Waals surface area contributed by atoms with E-state index in [9.17, 15) is 0 Å². The zero-order valence-electron chi connectivity index (χ0n) is 17.0. The maximum atomic E-state index is 6.24. The van der Waals surface area contributed by atoms with Crippen LogP contribution < -0.4 is 0 Å². The molecule has 0 aliphatic rings. The van der Waals surface area contributed by atoms with Crippen molar-refractivity contribution in [2.45, 2.75) is 31.3 Å². The fraction of sp³-hybridized carbons (Fsp3) is 0.200. The van der Waals surface area contributed by atoms with Crippen LogP contribution in [0.1, 0.15) is 24.0 Å². The van der Waals surface area contributed by atoms with Gasteiger partial charge in [-0.25, -0.2) is 0 Å². The Morgan fingerprint density at radius 1 is 0.867 bits per heavy atom. The summed E-state index contributed by atoms with van der Waals surface area (Å²) in [5, 5.41) is 10.7. The lowest BCUT2D eigenvalue weighted by molar-refractivity contribution is 0.798. The van der Waals surface area contributed by atoms with E-state index < -0.39 is 0 Å². The van der Waals surface area contributed by atoms with E-state index in [1.807, 2.05) is 24.3 Å². The molecule has 0 spiro atoms. The normalized spacial score (nSPS) is 11.0. The molecule has 0 N–H and O–H groups in total. The number of benzene rings is 3. The third-order valence-electron chi connectivity index (χ3n) is 5.01. The first-order valence-electron chi connectivity index (χ1n) is 10.2. The summed E-state index contributed by atoms with van der Waals surface area (Å²) in [7, 11) is 0. The van der Waals surface area contributed by atoms with Gasteiger partial charge in [-0.15, -0.1) is 10.2 Å². The summed E-state index contributed by atoms with van der Waals surface area (Å²) in [5.41, 5.74) is 4.65. The van der Waals surface area contributed by atoms with Crippen LogP contribution >= 0.6 is 23.4 Å². The van der Waals surface area contributed by atoms with Crippen LogP contribution in [0.2, 0.25) is 5.02 Å². The van der Waals surface area contributed by atoms with Crippen molar-refractivity contribution in [2.75, 3.05) is 5.75 Å². The van der Waals surface area contributed by atoms with Crippen molar-refractivity contribution < 1.29 is 0 Å². The molecule has 0 fully saturated rings. The predicted octanol–water partition coefficient (Wildman–Crippen LogP) is 7.01. The summed E-state index contributed by atoms with van der Waals surface area (Å²) in [6, 6.07) is 26.8. The molecule has 0 unspecified atom stereocenters. The lowest BCUT2D eigenvalue weighted by atomic mass is 10.1. The zero-order valence-corrected chi connectivity index (χ0v) is 18.5. The number of unbranched alkanes of at least 4 members (excludes halogenated alkanes) is 1. The number of nitrogens with zero attached hydrogens (tertiary/aromatic N) is 3. The summed E-state index contributed by atoms with van der Waals surface area (Å²) in [6.07, 6.45) is 3.41. The van der Waals surface area contributed by atoms with Gasteiger partial charge in [-0.2, -0.15) is 0 Å². The molecule has 0 bridgehead atoms. The average Bonchev–Trinajstić information content (AvgIpc) is 3.18. The molecule has 0 atom stereocenters. The molecule has 0 aliphatic heterocycles. The maximum absolute atomic E-state index is 6.24. The van der Waals surface area contributed by atoms with Crippen LogP contribution in [0.4, 0.5) is 0 Å². The van der Waals surface area contributed by atoms with E-state index in [-0.39, 0.29) is 0 Å². The van der Waals surface area contributed by atoms with Crippen LogP contribution in [0.25, 0.3) is 17.1 Å². The Bertz CT molecular complexity index is 1110. The van der Waals surface area contributed by atoms with Gasteiger partial charge in [-0.05, 0) is 55.5 Å². The third kappa shape index (κ3) is 4.94. The first-order chi connectivity index (χ1) is 14.7. The minimum Gasteiger partial charge on any atom is -0.270 e. The Morgan fingerprint density at radius 2 is 1.67 bits per heavy atom. The predicted molar refractivity (Wildman–Crippen MR) is 127 cm³/mol. The van der Waals surface area contributed by atoms with Crippen molar-refractivity contribution in [1.29, 1.82) is 0 Å². The monoisotopic (exact) mass is 433 g/mol. The number of halogens is 1. The minimum absolute atomic E-state index is 0.696. The van der Waals surface area contributed by atoms with Crippen molar-refractivity contribution in [3.05, 3.63) is 95.0 Å². The Morgan fingerprint density at radius 3 is 2.47 bits per heavy atom. The van der Waals surface area contributed by atoms with Gasteiger partial charge < -0.3 is 0 Å². The molecule has 1 aromatic heterocycles. The molecule has 0 radical (unpaired) electrons. The summed E-state index contributed by atoms with van der Waals surface area (Å²) >= 11 is 8.00. The van der Waals surface area contributed by atoms with E-state index in [0.29, 0.717) is 5.02 Å². The number of aryl methyl sites for hydroxylation is 2. The van der Waals surface area contributed by atoms with Crippen molar-refractivity contribution in [3.8, 4) is 17.1 Å². The molecule has 5 heteroatoms. The number of para-hydroxylation sites is 1. The molecule has 0 saturated heterocycles. The molecule has 0 aliphatic carbocycles. The van der Waals surface area contributed by atoms with E-state index >= 15 is 0 Å². The molecule has 4 rings (SSSR count). The number of aromatic nitrogens is 3. The summed E-state index contributed by atoms with van der Waals surface area (Å²) < 4.78 is 2.16. The van der Waals surface area contributed by atoms with Crippen LogP contribution in [0, 0.1) is 6.92 Å². The van der Waals surface area contributed by atoms with Gasteiger partial charge in [0.2, 0.25) is 0 Å². The topological polar surface area (TPSA) is 30.7 Å². The van der Waals surface area contributed by atoms with E-state index in [0.717, 1.165) is 47.2 Å². The van der Waals surface area contributed by atoms with Gasteiger partial charge in [0, 0.05) is 16.3 Å². The Hall–Kier alpha value is -2.56. The van der Waals surface area contributed by atoms with Crippen LogP contribution in [0.3, 0.4) is 0 Å². The third-order valence-corrected chi connectivity index (χ3v) is 6.26. The van der Waals surface area contributed by atoms with Gasteiger partial charge in [-0.3, -0.25) is 4.57 Å². The van der Waals surface area contributed by atoms with Crippen LogP contribution in [-0.2, 0) is 6.42 Å². The number of rotatable bonds is 8. The molecular weight excluding hydrogens is 410 g/mol. The first kappa shape index (κ1) is 20.7. The highest BCUT2D eigenvalue weighted by Gasteiger charge is 2.17. The smallest absolute Gasteiger partial charge is 0.196 e. The summed E-state index contributed by atoms with van der Waals surface area (Å²) in [4.78, 5) is 0. The second-order valence-corrected chi connectivity index (χ2v) is 8.73. The number of hydrogen-bond acceptors (Lipinski definition) is 3. The van der Waals surface area contributed by atoms with Crippen molar-refractivity contribution in [2.24, 2.45) is 0 Å². The summed E-state index contributed by atoms with van der Waals surface area (Å²) in [5.74, 6) is 1.82.